The van der Waals surface area contributed by atoms with Crippen molar-refractivity contribution in [3.05, 3.63) is 85.1 Å². The van der Waals surface area contributed by atoms with Crippen molar-refractivity contribution in [2.75, 3.05) is 11.9 Å². The smallest absolute Gasteiger partial charge is 0.316 e. The Morgan fingerprint density at radius 3 is 2.50 bits per heavy atom. The van der Waals surface area contributed by atoms with Crippen LogP contribution in [0.3, 0.4) is 0 Å². The number of Topliss-reactive ketones (excluding diaryl/α,β-unsaturated/α-hetero) is 1. The summed E-state index contributed by atoms with van der Waals surface area (Å²) in [5.74, 6) is 0.631. The second-order valence-corrected chi connectivity index (χ2v) is 6.90. The molecular weight excluding hydrogens is 378 g/mol. The Balaban J connectivity index is 1.44. The highest BCUT2D eigenvalue weighted by molar-refractivity contribution is 5.92. The molecule has 3 N–H and O–H groups in total. The van der Waals surface area contributed by atoms with Gasteiger partial charge in [-0.15, -0.1) is 0 Å². The predicted octanol–water partition coefficient (Wildman–Crippen LogP) is 4.45. The van der Waals surface area contributed by atoms with Gasteiger partial charge in [-0.2, -0.15) is 0 Å². The molecule has 0 saturated carbocycles. The summed E-state index contributed by atoms with van der Waals surface area (Å²) < 4.78 is 7.71. The number of ketones is 1. The van der Waals surface area contributed by atoms with Gasteiger partial charge in [-0.05, 0) is 35.9 Å². The fourth-order valence-corrected chi connectivity index (χ4v) is 3.40. The molecular formula is C24H21N3O3. The van der Waals surface area contributed by atoms with E-state index in [0.29, 0.717) is 11.4 Å². The van der Waals surface area contributed by atoms with Gasteiger partial charge in [0.05, 0.1) is 6.54 Å². The molecule has 6 heteroatoms. The minimum Gasteiger partial charge on any atom is -0.485 e. The Morgan fingerprint density at radius 1 is 0.933 bits per heavy atom. The number of nitrogens with zero attached hydrogens (tertiary/aromatic N) is 1. The summed E-state index contributed by atoms with van der Waals surface area (Å²) in [6.45, 7) is 0.171. The molecule has 1 aromatic heterocycles. The number of hydrogen-bond donors (Lipinski definition) is 2. The van der Waals surface area contributed by atoms with E-state index in [4.69, 9.17) is 10.5 Å². The van der Waals surface area contributed by atoms with Crippen molar-refractivity contribution in [2.24, 2.45) is 5.73 Å². The molecule has 0 saturated heterocycles. The lowest BCUT2D eigenvalue weighted by atomic mass is 10.1. The summed E-state index contributed by atoms with van der Waals surface area (Å²) in [6.07, 6.45) is 1.84. The van der Waals surface area contributed by atoms with E-state index >= 15 is 0 Å². The van der Waals surface area contributed by atoms with Crippen molar-refractivity contribution < 1.29 is 14.3 Å². The normalized spacial score (nSPS) is 10.7. The van der Waals surface area contributed by atoms with Crippen LogP contribution in [0.15, 0.2) is 85.1 Å². The minimum atomic E-state index is -0.614. The van der Waals surface area contributed by atoms with Crippen LogP contribution in [0.4, 0.5) is 10.5 Å². The van der Waals surface area contributed by atoms with Gasteiger partial charge in [-0.3, -0.25) is 4.79 Å². The third-order valence-corrected chi connectivity index (χ3v) is 4.75. The summed E-state index contributed by atoms with van der Waals surface area (Å²) in [6, 6.07) is 24.3. The molecule has 0 aliphatic rings. The number of urea groups is 1. The maximum Gasteiger partial charge on any atom is 0.316 e. The summed E-state index contributed by atoms with van der Waals surface area (Å²) in [5, 5.41) is 3.45. The number of benzene rings is 3. The topological polar surface area (TPSA) is 86.4 Å². The highest BCUT2D eigenvalue weighted by Gasteiger charge is 2.11. The fraction of sp³-hybridized carbons (Fsp3) is 0.0833. The number of nitrogens with two attached hydrogens (primary N) is 1. The van der Waals surface area contributed by atoms with Crippen LogP contribution in [-0.2, 0) is 11.3 Å². The number of fused-ring (bicyclic) bond motifs is 1. The lowest BCUT2D eigenvalue weighted by molar-refractivity contribution is -0.121. The van der Waals surface area contributed by atoms with Crippen LogP contribution in [0, 0.1) is 0 Å². The van der Waals surface area contributed by atoms with E-state index in [-0.39, 0.29) is 18.9 Å². The molecule has 0 atom stereocenters. The molecule has 0 aliphatic heterocycles. The third kappa shape index (κ3) is 4.33. The van der Waals surface area contributed by atoms with E-state index in [1.165, 1.54) is 0 Å². The molecule has 0 spiro atoms. The number of nitrogens with one attached hydrogen (secondary N) is 1. The molecule has 1 heterocycles. The summed E-state index contributed by atoms with van der Waals surface area (Å²) in [7, 11) is 0. The van der Waals surface area contributed by atoms with Crippen molar-refractivity contribution in [3.8, 4) is 16.9 Å². The summed E-state index contributed by atoms with van der Waals surface area (Å²) in [4.78, 5) is 23.6. The lowest BCUT2D eigenvalue weighted by Gasteiger charge is -2.12. The maximum atomic E-state index is 12.6. The van der Waals surface area contributed by atoms with Gasteiger partial charge in [-0.1, -0.05) is 48.5 Å². The van der Waals surface area contributed by atoms with Crippen molar-refractivity contribution in [1.29, 1.82) is 0 Å². The third-order valence-electron chi connectivity index (χ3n) is 4.75. The van der Waals surface area contributed by atoms with Crippen molar-refractivity contribution in [1.82, 2.24) is 4.57 Å². The molecule has 4 aromatic rings. The van der Waals surface area contributed by atoms with Crippen molar-refractivity contribution in [3.63, 3.8) is 0 Å². The first-order valence-corrected chi connectivity index (χ1v) is 9.54. The highest BCUT2D eigenvalue weighted by Crippen LogP contribution is 2.29. The molecule has 0 aliphatic carbocycles. The average molecular weight is 399 g/mol. The van der Waals surface area contributed by atoms with E-state index < -0.39 is 6.03 Å². The van der Waals surface area contributed by atoms with Crippen LogP contribution < -0.4 is 15.8 Å². The van der Waals surface area contributed by atoms with Gasteiger partial charge in [0.15, 0.2) is 5.78 Å². The number of aromatic nitrogens is 1. The molecule has 4 rings (SSSR count). The van der Waals surface area contributed by atoms with Crippen LogP contribution in [0.25, 0.3) is 22.0 Å². The Hall–Kier alpha value is -4.06. The summed E-state index contributed by atoms with van der Waals surface area (Å²) in [5.41, 5.74) is 8.65. The maximum absolute atomic E-state index is 12.6. The van der Waals surface area contributed by atoms with Gasteiger partial charge in [0.1, 0.15) is 12.4 Å². The monoisotopic (exact) mass is 399 g/mol. The van der Waals surface area contributed by atoms with Gasteiger partial charge in [0.25, 0.3) is 0 Å². The Morgan fingerprint density at radius 2 is 1.70 bits per heavy atom. The number of anilines is 1. The van der Waals surface area contributed by atoms with Crippen LogP contribution in [0.1, 0.15) is 0 Å². The number of amides is 2. The van der Waals surface area contributed by atoms with Crippen molar-refractivity contribution in [2.45, 2.75) is 6.54 Å². The number of carbonyl (C=O) groups is 2. The van der Waals surface area contributed by atoms with Gasteiger partial charge < -0.3 is 20.4 Å². The van der Waals surface area contributed by atoms with E-state index in [2.05, 4.69) is 5.32 Å². The standard InChI is InChI=1S/C24H21N3O3/c25-24(29)26-19-10-11-22-18(14-19)12-13-27(22)15-20(28)16-30-23-9-5-4-8-21(23)17-6-2-1-3-7-17/h1-14H,15-16H2,(H3,25,26,29). The number of carbonyl (C=O) groups excluding carboxylic acids is 2. The van der Waals surface area contributed by atoms with E-state index in [1.54, 1.807) is 6.07 Å². The van der Waals surface area contributed by atoms with Crippen molar-refractivity contribution >= 4 is 28.4 Å². The number of hydrogen-bond acceptors (Lipinski definition) is 3. The molecule has 6 nitrogen and oxygen atoms in total. The molecule has 0 unspecified atom stereocenters. The number of primary amides is 1. The molecule has 3 aromatic carbocycles. The SMILES string of the molecule is NC(=O)Nc1ccc2c(ccn2CC(=O)COc2ccccc2-c2ccccc2)c1. The lowest BCUT2D eigenvalue weighted by Crippen LogP contribution is -2.19. The minimum absolute atomic E-state index is 0.0230. The molecule has 2 amide bonds. The van der Waals surface area contributed by atoms with E-state index in [1.807, 2.05) is 83.6 Å². The molecule has 0 bridgehead atoms. The zero-order valence-corrected chi connectivity index (χ0v) is 16.2. The summed E-state index contributed by atoms with van der Waals surface area (Å²) >= 11 is 0. The average Bonchev–Trinajstić information content (AvgIpc) is 3.14. The fourth-order valence-electron chi connectivity index (χ4n) is 3.40. The first-order chi connectivity index (χ1) is 14.6. The molecule has 0 fully saturated rings. The number of rotatable bonds is 7. The van der Waals surface area contributed by atoms with Gasteiger partial charge in [0, 0.05) is 28.4 Å². The van der Waals surface area contributed by atoms with Gasteiger partial charge >= 0.3 is 6.03 Å². The van der Waals surface area contributed by atoms with Gasteiger partial charge in [-0.25, -0.2) is 4.79 Å². The van der Waals surface area contributed by atoms with Crippen LogP contribution in [0.2, 0.25) is 0 Å². The zero-order valence-electron chi connectivity index (χ0n) is 16.2. The quantitative estimate of drug-likeness (QED) is 0.481. The highest BCUT2D eigenvalue weighted by atomic mass is 16.5. The second-order valence-electron chi connectivity index (χ2n) is 6.90. The number of para-hydroxylation sites is 1. The second kappa shape index (κ2) is 8.53. The van der Waals surface area contributed by atoms with Crippen LogP contribution >= 0.6 is 0 Å². The zero-order chi connectivity index (χ0) is 20.9. The Kier molecular flexibility index (Phi) is 5.48. The van der Waals surface area contributed by atoms with Crippen LogP contribution in [0.5, 0.6) is 5.75 Å². The molecule has 150 valence electrons. The molecule has 30 heavy (non-hydrogen) atoms. The largest absolute Gasteiger partial charge is 0.485 e. The number of ether oxygens (including phenoxy) is 1. The first-order valence-electron chi connectivity index (χ1n) is 9.54. The van der Waals surface area contributed by atoms with Crippen LogP contribution in [-0.4, -0.2) is 23.0 Å². The Bertz CT molecular complexity index is 1200. The van der Waals surface area contributed by atoms with Gasteiger partial charge in [0.2, 0.25) is 0 Å². The van der Waals surface area contributed by atoms with E-state index in [0.717, 1.165) is 22.0 Å². The Labute approximate surface area is 173 Å². The predicted molar refractivity (Wildman–Crippen MR) is 118 cm³/mol. The molecule has 0 radical (unpaired) electrons. The van der Waals surface area contributed by atoms with E-state index in [9.17, 15) is 9.59 Å². The first kappa shape index (κ1) is 19.3.